The van der Waals surface area contributed by atoms with Gasteiger partial charge in [0.15, 0.2) is 0 Å². The maximum Gasteiger partial charge on any atom is 0.239 e. The lowest BCUT2D eigenvalue weighted by atomic mass is 9.85. The third kappa shape index (κ3) is 4.33. The molecule has 5 nitrogen and oxygen atoms in total. The molecule has 2 rings (SSSR count). The van der Waals surface area contributed by atoms with Gasteiger partial charge in [-0.25, -0.2) is 0 Å². The number of hydrogen-bond acceptors (Lipinski definition) is 3. The maximum atomic E-state index is 12.5. The van der Waals surface area contributed by atoms with Crippen LogP contribution in [0.4, 0.5) is 0 Å². The molecule has 0 aromatic carbocycles. The number of amides is 2. The van der Waals surface area contributed by atoms with Gasteiger partial charge in [-0.3, -0.25) is 9.59 Å². The fourth-order valence-corrected chi connectivity index (χ4v) is 3.61. The van der Waals surface area contributed by atoms with Gasteiger partial charge in [0.05, 0.1) is 12.0 Å². The number of halogens is 1. The number of carbonyl (C=O) groups is 2. The monoisotopic (exact) mass is 317 g/mol. The highest BCUT2D eigenvalue weighted by atomic mass is 35.5. The highest BCUT2D eigenvalue weighted by molar-refractivity contribution is 5.85. The largest absolute Gasteiger partial charge is 0.359 e. The fraction of sp³-hybridized carbons (Fsp3) is 0.867. The van der Waals surface area contributed by atoms with Crippen molar-refractivity contribution < 1.29 is 9.59 Å². The molecule has 6 heteroatoms. The summed E-state index contributed by atoms with van der Waals surface area (Å²) in [6.45, 7) is 2.33. The first-order chi connectivity index (χ1) is 9.52. The van der Waals surface area contributed by atoms with Crippen LogP contribution in [-0.2, 0) is 9.59 Å². The van der Waals surface area contributed by atoms with Crippen LogP contribution in [0.3, 0.4) is 0 Å². The molecular weight excluding hydrogens is 290 g/mol. The second-order valence-electron chi connectivity index (χ2n) is 6.34. The Bertz CT molecular complexity index is 364. The van der Waals surface area contributed by atoms with Crippen molar-refractivity contribution in [1.29, 1.82) is 0 Å². The minimum Gasteiger partial charge on any atom is -0.359 e. The van der Waals surface area contributed by atoms with Gasteiger partial charge in [0.1, 0.15) is 0 Å². The molecule has 4 unspecified atom stereocenters. The molecule has 2 amide bonds. The lowest BCUT2D eigenvalue weighted by Crippen LogP contribution is -2.46. The second kappa shape index (κ2) is 7.99. The molecule has 1 heterocycles. The van der Waals surface area contributed by atoms with E-state index in [2.05, 4.69) is 10.6 Å². The van der Waals surface area contributed by atoms with Gasteiger partial charge in [-0.15, -0.1) is 12.4 Å². The molecule has 1 saturated carbocycles. The van der Waals surface area contributed by atoms with E-state index < -0.39 is 0 Å². The van der Waals surface area contributed by atoms with Gasteiger partial charge in [0, 0.05) is 26.7 Å². The van der Waals surface area contributed by atoms with Crippen molar-refractivity contribution in [2.75, 3.05) is 20.6 Å². The number of nitrogens with zero attached hydrogens (tertiary/aromatic N) is 1. The maximum absolute atomic E-state index is 12.5. The Hall–Kier alpha value is -0.810. The van der Waals surface area contributed by atoms with Crippen LogP contribution in [-0.4, -0.2) is 49.4 Å². The molecule has 0 aromatic rings. The normalized spacial score (nSPS) is 29.0. The number of nitrogens with one attached hydrogen (secondary N) is 2. The number of rotatable bonds is 4. The summed E-state index contributed by atoms with van der Waals surface area (Å²) in [4.78, 5) is 25.7. The minimum atomic E-state index is -0.169. The van der Waals surface area contributed by atoms with E-state index in [1.54, 1.807) is 19.0 Å². The zero-order valence-corrected chi connectivity index (χ0v) is 14.0. The van der Waals surface area contributed by atoms with Crippen LogP contribution in [0.15, 0.2) is 0 Å². The molecular formula is C15H28ClN3O2. The Balaban J connectivity index is 0.00000220. The van der Waals surface area contributed by atoms with Gasteiger partial charge in [-0.05, 0) is 25.2 Å². The van der Waals surface area contributed by atoms with Crippen LogP contribution in [0, 0.1) is 11.8 Å². The Morgan fingerprint density at radius 3 is 2.62 bits per heavy atom. The number of hydrogen-bond donors (Lipinski definition) is 2. The fourth-order valence-electron chi connectivity index (χ4n) is 3.61. The summed E-state index contributed by atoms with van der Waals surface area (Å²) in [5.41, 5.74) is 0. The number of fused-ring (bicyclic) bond motifs is 1. The lowest BCUT2D eigenvalue weighted by molar-refractivity contribution is -0.133. The first-order valence-corrected chi connectivity index (χ1v) is 7.75. The van der Waals surface area contributed by atoms with E-state index in [0.717, 1.165) is 6.42 Å². The van der Waals surface area contributed by atoms with Gasteiger partial charge in [0.25, 0.3) is 0 Å². The summed E-state index contributed by atoms with van der Waals surface area (Å²) in [6.07, 6.45) is 5.99. The van der Waals surface area contributed by atoms with E-state index in [9.17, 15) is 9.59 Å². The van der Waals surface area contributed by atoms with E-state index in [1.165, 1.54) is 25.7 Å². The van der Waals surface area contributed by atoms with Crippen LogP contribution in [0.1, 0.15) is 39.0 Å². The molecule has 0 radical (unpaired) electrons. The third-order valence-corrected chi connectivity index (χ3v) is 4.78. The summed E-state index contributed by atoms with van der Waals surface area (Å²) in [5.74, 6) is 0.618. The predicted molar refractivity (Wildman–Crippen MR) is 85.4 cm³/mol. The zero-order chi connectivity index (χ0) is 14.7. The number of carbonyl (C=O) groups excluding carboxylic acids is 2. The van der Waals surface area contributed by atoms with E-state index in [1.807, 2.05) is 6.92 Å². The highest BCUT2D eigenvalue weighted by Gasteiger charge is 2.39. The Labute approximate surface area is 133 Å². The van der Waals surface area contributed by atoms with Crippen LogP contribution in [0.5, 0.6) is 0 Å². The molecule has 0 spiro atoms. The average molecular weight is 318 g/mol. The molecule has 0 aromatic heterocycles. The van der Waals surface area contributed by atoms with Crippen LogP contribution < -0.4 is 10.6 Å². The highest BCUT2D eigenvalue weighted by Crippen LogP contribution is 2.33. The predicted octanol–water partition coefficient (Wildman–Crippen LogP) is 1.17. The minimum absolute atomic E-state index is 0. The first-order valence-electron chi connectivity index (χ1n) is 7.75. The van der Waals surface area contributed by atoms with Crippen LogP contribution in [0.2, 0.25) is 0 Å². The Morgan fingerprint density at radius 1 is 1.33 bits per heavy atom. The molecule has 0 bridgehead atoms. The molecule has 21 heavy (non-hydrogen) atoms. The third-order valence-electron chi connectivity index (χ3n) is 4.78. The summed E-state index contributed by atoms with van der Waals surface area (Å²) >= 11 is 0. The van der Waals surface area contributed by atoms with E-state index in [0.29, 0.717) is 18.5 Å². The van der Waals surface area contributed by atoms with Crippen molar-refractivity contribution in [2.45, 2.75) is 51.1 Å². The zero-order valence-electron chi connectivity index (χ0n) is 13.2. The van der Waals surface area contributed by atoms with Gasteiger partial charge in [0.2, 0.25) is 11.8 Å². The summed E-state index contributed by atoms with van der Waals surface area (Å²) in [6, 6.07) is 0.479. The van der Waals surface area contributed by atoms with E-state index in [-0.39, 0.29) is 36.2 Å². The van der Waals surface area contributed by atoms with Gasteiger partial charge in [-0.2, -0.15) is 0 Å². The first kappa shape index (κ1) is 18.2. The summed E-state index contributed by atoms with van der Waals surface area (Å²) in [7, 11) is 3.43. The molecule has 1 aliphatic heterocycles. The van der Waals surface area contributed by atoms with Crippen LogP contribution >= 0.6 is 12.4 Å². The standard InChI is InChI=1S/C15H27N3O2.ClH/c1-10(14(19)16-2)9-18(3)15(20)13-8-11-6-4-5-7-12(11)17-13;/h10-13,17H,4-9H2,1-3H3,(H,16,19);1H. The van der Waals surface area contributed by atoms with Crippen molar-refractivity contribution in [1.82, 2.24) is 15.5 Å². The molecule has 1 saturated heterocycles. The van der Waals surface area contributed by atoms with Crippen molar-refractivity contribution in [3.05, 3.63) is 0 Å². The van der Waals surface area contributed by atoms with Crippen molar-refractivity contribution in [3.8, 4) is 0 Å². The summed E-state index contributed by atoms with van der Waals surface area (Å²) < 4.78 is 0. The quantitative estimate of drug-likeness (QED) is 0.818. The topological polar surface area (TPSA) is 61.4 Å². The summed E-state index contributed by atoms with van der Waals surface area (Å²) in [5, 5.41) is 6.12. The van der Waals surface area contributed by atoms with Gasteiger partial charge in [-0.1, -0.05) is 19.8 Å². The molecule has 2 N–H and O–H groups in total. The van der Waals surface area contributed by atoms with Crippen molar-refractivity contribution in [3.63, 3.8) is 0 Å². The average Bonchev–Trinajstić information content (AvgIpc) is 2.89. The number of likely N-dealkylation sites (N-methyl/N-ethyl adjacent to an activating group) is 1. The SMILES string of the molecule is CNC(=O)C(C)CN(C)C(=O)C1CC2CCCCC2N1.Cl. The van der Waals surface area contributed by atoms with E-state index in [4.69, 9.17) is 0 Å². The van der Waals surface area contributed by atoms with Crippen molar-refractivity contribution in [2.24, 2.45) is 11.8 Å². The van der Waals surface area contributed by atoms with Crippen LogP contribution in [0.25, 0.3) is 0 Å². The second-order valence-corrected chi connectivity index (χ2v) is 6.34. The molecule has 122 valence electrons. The molecule has 2 fully saturated rings. The molecule has 1 aliphatic carbocycles. The van der Waals surface area contributed by atoms with Crippen molar-refractivity contribution >= 4 is 24.2 Å². The van der Waals surface area contributed by atoms with Gasteiger partial charge >= 0.3 is 0 Å². The molecule has 4 atom stereocenters. The van der Waals surface area contributed by atoms with Gasteiger partial charge < -0.3 is 15.5 Å². The van der Waals surface area contributed by atoms with E-state index >= 15 is 0 Å². The smallest absolute Gasteiger partial charge is 0.239 e. The lowest BCUT2D eigenvalue weighted by Gasteiger charge is -2.25. The Morgan fingerprint density at radius 2 is 2.00 bits per heavy atom. The Kier molecular flexibility index (Phi) is 6.94. The molecule has 2 aliphatic rings.